The van der Waals surface area contributed by atoms with E-state index < -0.39 is 0 Å². The number of carbonyl (C=O) groups is 1. The summed E-state index contributed by atoms with van der Waals surface area (Å²) in [4.78, 5) is 16.6. The van der Waals surface area contributed by atoms with Gasteiger partial charge in [-0.25, -0.2) is 9.37 Å². The Morgan fingerprint density at radius 2 is 1.92 bits per heavy atom. The van der Waals surface area contributed by atoms with Gasteiger partial charge >= 0.3 is 0 Å². The summed E-state index contributed by atoms with van der Waals surface area (Å²) in [6, 6.07) is 14.2. The summed E-state index contributed by atoms with van der Waals surface area (Å²) >= 11 is 1.44. The molecule has 3 aromatic rings. The smallest absolute Gasteiger partial charge is 0.227 e. The molecule has 0 fully saturated rings. The number of hydrogen-bond acceptors (Lipinski definition) is 3. The highest BCUT2D eigenvalue weighted by Crippen LogP contribution is 2.22. The highest BCUT2D eigenvalue weighted by molar-refractivity contribution is 7.10. The molecule has 5 heteroatoms. The lowest BCUT2D eigenvalue weighted by atomic mass is 10.1. The van der Waals surface area contributed by atoms with Crippen molar-refractivity contribution < 1.29 is 9.18 Å². The molecular formula is C19H17FN2OS. The fourth-order valence-electron chi connectivity index (χ4n) is 2.35. The molecule has 122 valence electrons. The van der Waals surface area contributed by atoms with E-state index in [-0.39, 0.29) is 18.1 Å². The lowest BCUT2D eigenvalue weighted by Gasteiger charge is -2.06. The quantitative estimate of drug-likeness (QED) is 0.759. The van der Waals surface area contributed by atoms with Gasteiger partial charge in [-0.15, -0.1) is 11.3 Å². The summed E-state index contributed by atoms with van der Waals surface area (Å²) in [5.74, 6) is -0.331. The van der Waals surface area contributed by atoms with Gasteiger partial charge in [-0.1, -0.05) is 24.3 Å². The van der Waals surface area contributed by atoms with E-state index in [1.165, 1.54) is 23.5 Å². The second kappa shape index (κ2) is 7.36. The van der Waals surface area contributed by atoms with Crippen LogP contribution in [-0.4, -0.2) is 10.9 Å². The van der Waals surface area contributed by atoms with Gasteiger partial charge in [0.25, 0.3) is 0 Å². The van der Waals surface area contributed by atoms with Crippen molar-refractivity contribution in [2.45, 2.75) is 19.9 Å². The van der Waals surface area contributed by atoms with E-state index in [2.05, 4.69) is 10.3 Å². The number of aryl methyl sites for hydroxylation is 1. The maximum absolute atomic E-state index is 13.0. The third-order valence-electron chi connectivity index (χ3n) is 3.74. The minimum absolute atomic E-state index is 0.0572. The summed E-state index contributed by atoms with van der Waals surface area (Å²) < 4.78 is 13.0. The van der Waals surface area contributed by atoms with E-state index in [0.717, 1.165) is 27.4 Å². The van der Waals surface area contributed by atoms with Gasteiger partial charge in [-0.3, -0.25) is 4.79 Å². The molecule has 1 aromatic heterocycles. The van der Waals surface area contributed by atoms with Crippen LogP contribution in [0.5, 0.6) is 0 Å². The number of amides is 1. The predicted molar refractivity (Wildman–Crippen MR) is 94.2 cm³/mol. The van der Waals surface area contributed by atoms with Crippen LogP contribution in [0.4, 0.5) is 4.39 Å². The fraction of sp³-hybridized carbons (Fsp3) is 0.158. The summed E-state index contributed by atoms with van der Waals surface area (Å²) in [5.41, 5.74) is 3.88. The second-order valence-electron chi connectivity index (χ2n) is 5.51. The average molecular weight is 340 g/mol. The van der Waals surface area contributed by atoms with E-state index in [0.29, 0.717) is 6.54 Å². The number of aromatic nitrogens is 1. The van der Waals surface area contributed by atoms with Gasteiger partial charge in [0.05, 0.1) is 12.1 Å². The van der Waals surface area contributed by atoms with Crippen LogP contribution in [0.1, 0.15) is 16.1 Å². The van der Waals surface area contributed by atoms with Gasteiger partial charge in [0, 0.05) is 17.5 Å². The van der Waals surface area contributed by atoms with E-state index >= 15 is 0 Å². The Hall–Kier alpha value is -2.53. The molecule has 24 heavy (non-hydrogen) atoms. The molecule has 0 aliphatic heterocycles. The van der Waals surface area contributed by atoms with Crippen LogP contribution in [0.15, 0.2) is 53.9 Å². The van der Waals surface area contributed by atoms with Crippen LogP contribution in [-0.2, 0) is 17.8 Å². The van der Waals surface area contributed by atoms with E-state index in [9.17, 15) is 9.18 Å². The Bertz CT molecular complexity index is 843. The number of carbonyl (C=O) groups excluding carboxylic acids is 1. The first kappa shape index (κ1) is 16.3. The van der Waals surface area contributed by atoms with Crippen molar-refractivity contribution in [2.75, 3.05) is 0 Å². The molecule has 3 rings (SSSR count). The maximum Gasteiger partial charge on any atom is 0.227 e. The monoisotopic (exact) mass is 340 g/mol. The van der Waals surface area contributed by atoms with Crippen LogP contribution in [0.25, 0.3) is 11.3 Å². The molecule has 0 bridgehead atoms. The molecule has 3 nitrogen and oxygen atoms in total. The molecule has 1 N–H and O–H groups in total. The van der Waals surface area contributed by atoms with Crippen molar-refractivity contribution in [3.63, 3.8) is 0 Å². The second-order valence-corrected chi connectivity index (χ2v) is 6.46. The Kier molecular flexibility index (Phi) is 5.01. The molecule has 0 saturated heterocycles. The number of rotatable bonds is 5. The predicted octanol–water partition coefficient (Wildman–Crippen LogP) is 4.12. The van der Waals surface area contributed by atoms with Gasteiger partial charge in [-0.05, 0) is 42.3 Å². The zero-order chi connectivity index (χ0) is 16.9. The number of benzene rings is 2. The van der Waals surface area contributed by atoms with Crippen LogP contribution in [0.3, 0.4) is 0 Å². The van der Waals surface area contributed by atoms with Crippen molar-refractivity contribution in [3.05, 3.63) is 75.9 Å². The van der Waals surface area contributed by atoms with Crippen molar-refractivity contribution in [1.82, 2.24) is 10.3 Å². The zero-order valence-corrected chi connectivity index (χ0v) is 14.1. The molecule has 0 spiro atoms. The summed E-state index contributed by atoms with van der Waals surface area (Å²) in [7, 11) is 0. The first-order valence-corrected chi connectivity index (χ1v) is 8.51. The molecule has 0 atom stereocenters. The van der Waals surface area contributed by atoms with Crippen LogP contribution >= 0.6 is 11.3 Å². The van der Waals surface area contributed by atoms with E-state index in [1.807, 2.05) is 36.6 Å². The average Bonchev–Trinajstić information content (AvgIpc) is 3.03. The highest BCUT2D eigenvalue weighted by atomic mass is 32.1. The first-order valence-electron chi connectivity index (χ1n) is 7.63. The lowest BCUT2D eigenvalue weighted by Crippen LogP contribution is -2.24. The number of thiazole rings is 1. The standard InChI is InChI=1S/C19H17FN2OS/c1-13-4-2-3-5-15(13)11-21-18(23)10-19-22-17(12-24-19)14-6-8-16(20)9-7-14/h2-9,12H,10-11H2,1H3,(H,21,23). The number of hydrogen-bond donors (Lipinski definition) is 1. The van der Waals surface area contributed by atoms with Gasteiger partial charge in [0.15, 0.2) is 0 Å². The van der Waals surface area contributed by atoms with Gasteiger partial charge in [-0.2, -0.15) is 0 Å². The third-order valence-corrected chi connectivity index (χ3v) is 4.59. The topological polar surface area (TPSA) is 42.0 Å². The number of halogens is 1. The lowest BCUT2D eigenvalue weighted by molar-refractivity contribution is -0.120. The van der Waals surface area contributed by atoms with E-state index in [1.54, 1.807) is 12.1 Å². The molecular weight excluding hydrogens is 323 g/mol. The van der Waals surface area contributed by atoms with Gasteiger partial charge in [0.1, 0.15) is 10.8 Å². The number of nitrogens with one attached hydrogen (secondary N) is 1. The summed E-state index contributed by atoms with van der Waals surface area (Å²) in [6.45, 7) is 2.54. The molecule has 0 saturated carbocycles. The van der Waals surface area contributed by atoms with Gasteiger partial charge < -0.3 is 5.32 Å². The van der Waals surface area contributed by atoms with Crippen LogP contribution in [0.2, 0.25) is 0 Å². The molecule has 0 radical (unpaired) electrons. The third kappa shape index (κ3) is 4.06. The molecule has 2 aromatic carbocycles. The number of nitrogens with zero attached hydrogens (tertiary/aromatic N) is 1. The largest absolute Gasteiger partial charge is 0.352 e. The molecule has 0 aliphatic carbocycles. The first-order chi connectivity index (χ1) is 11.6. The minimum atomic E-state index is -0.273. The normalized spacial score (nSPS) is 10.6. The van der Waals surface area contributed by atoms with Crippen LogP contribution < -0.4 is 5.32 Å². The van der Waals surface area contributed by atoms with Crippen molar-refractivity contribution >= 4 is 17.2 Å². The Balaban J connectivity index is 1.59. The minimum Gasteiger partial charge on any atom is -0.352 e. The molecule has 1 amide bonds. The molecule has 1 heterocycles. The van der Waals surface area contributed by atoms with Crippen molar-refractivity contribution in [1.29, 1.82) is 0 Å². The zero-order valence-electron chi connectivity index (χ0n) is 13.3. The highest BCUT2D eigenvalue weighted by Gasteiger charge is 2.09. The molecule has 0 aliphatic rings. The van der Waals surface area contributed by atoms with Gasteiger partial charge in [0.2, 0.25) is 5.91 Å². The Morgan fingerprint density at radius 3 is 2.67 bits per heavy atom. The van der Waals surface area contributed by atoms with Crippen molar-refractivity contribution in [3.8, 4) is 11.3 Å². The summed E-state index contributed by atoms with van der Waals surface area (Å²) in [6.07, 6.45) is 0.248. The van der Waals surface area contributed by atoms with Crippen molar-refractivity contribution in [2.24, 2.45) is 0 Å². The Morgan fingerprint density at radius 1 is 1.17 bits per heavy atom. The SMILES string of the molecule is Cc1ccccc1CNC(=O)Cc1nc(-c2ccc(F)cc2)cs1. The maximum atomic E-state index is 13.0. The van der Waals surface area contributed by atoms with E-state index in [4.69, 9.17) is 0 Å². The fourth-order valence-corrected chi connectivity index (χ4v) is 3.15. The van der Waals surface area contributed by atoms with Crippen LogP contribution in [0, 0.1) is 12.7 Å². The summed E-state index contributed by atoms with van der Waals surface area (Å²) in [5, 5.41) is 5.56. The Labute approximate surface area is 144 Å². The molecule has 0 unspecified atom stereocenters.